The van der Waals surface area contributed by atoms with Crippen molar-refractivity contribution in [3.8, 4) is 0 Å². The van der Waals surface area contributed by atoms with Gasteiger partial charge in [0.1, 0.15) is 5.82 Å². The van der Waals surface area contributed by atoms with Crippen molar-refractivity contribution in [1.29, 1.82) is 0 Å². The molecule has 0 aliphatic carbocycles. The minimum absolute atomic E-state index is 0.443. The Hall–Kier alpha value is -0.850. The van der Waals surface area contributed by atoms with Crippen LogP contribution in [-0.4, -0.2) is 34.5 Å². The van der Waals surface area contributed by atoms with Crippen LogP contribution in [0.1, 0.15) is 32.1 Å². The Labute approximate surface area is 106 Å². The Kier molecular flexibility index (Phi) is 6.25. The standard InChI is InChI=1S/C11H19N3O2S/c1-4-6-12-9-8(10(15)16-5-2)7-13-11(14-9)17-3/h7,10,15H,4-6H2,1-3H3,(H,12,13,14). The van der Waals surface area contributed by atoms with Gasteiger partial charge in [0, 0.05) is 19.3 Å². The highest BCUT2D eigenvalue weighted by molar-refractivity contribution is 7.98. The van der Waals surface area contributed by atoms with Gasteiger partial charge in [0.2, 0.25) is 0 Å². The molecule has 0 bridgehead atoms. The van der Waals surface area contributed by atoms with Crippen LogP contribution in [0.5, 0.6) is 0 Å². The molecule has 1 atom stereocenters. The summed E-state index contributed by atoms with van der Waals surface area (Å²) in [5.41, 5.74) is 0.582. The van der Waals surface area contributed by atoms with Crippen LogP contribution in [0.3, 0.4) is 0 Å². The van der Waals surface area contributed by atoms with Crippen molar-refractivity contribution in [2.75, 3.05) is 24.7 Å². The minimum atomic E-state index is -0.977. The lowest BCUT2D eigenvalue weighted by Crippen LogP contribution is -2.12. The Morgan fingerprint density at radius 1 is 1.53 bits per heavy atom. The molecular weight excluding hydrogens is 238 g/mol. The maximum Gasteiger partial charge on any atom is 0.189 e. The quantitative estimate of drug-likeness (QED) is 0.443. The van der Waals surface area contributed by atoms with Gasteiger partial charge in [0.15, 0.2) is 11.4 Å². The van der Waals surface area contributed by atoms with Gasteiger partial charge in [-0.15, -0.1) is 0 Å². The van der Waals surface area contributed by atoms with Gasteiger partial charge in [0.25, 0.3) is 0 Å². The Morgan fingerprint density at radius 3 is 2.88 bits per heavy atom. The van der Waals surface area contributed by atoms with E-state index in [1.807, 2.05) is 13.2 Å². The zero-order valence-electron chi connectivity index (χ0n) is 10.4. The molecule has 6 heteroatoms. The third-order valence-corrected chi connectivity index (χ3v) is 2.67. The average molecular weight is 257 g/mol. The first-order valence-electron chi connectivity index (χ1n) is 5.67. The van der Waals surface area contributed by atoms with Gasteiger partial charge >= 0.3 is 0 Å². The average Bonchev–Trinajstić information content (AvgIpc) is 2.36. The van der Waals surface area contributed by atoms with E-state index in [1.54, 1.807) is 6.20 Å². The van der Waals surface area contributed by atoms with Crippen LogP contribution in [0, 0.1) is 0 Å². The second-order valence-corrected chi connectivity index (χ2v) is 4.17. The second-order valence-electron chi connectivity index (χ2n) is 3.40. The number of aromatic nitrogens is 2. The fourth-order valence-electron chi connectivity index (χ4n) is 1.29. The summed E-state index contributed by atoms with van der Waals surface area (Å²) < 4.78 is 5.15. The van der Waals surface area contributed by atoms with E-state index in [0.717, 1.165) is 13.0 Å². The predicted molar refractivity (Wildman–Crippen MR) is 69.2 cm³/mol. The van der Waals surface area contributed by atoms with Crippen molar-refractivity contribution < 1.29 is 9.84 Å². The first-order valence-corrected chi connectivity index (χ1v) is 6.89. The molecule has 1 aromatic rings. The van der Waals surface area contributed by atoms with Crippen LogP contribution in [0.4, 0.5) is 5.82 Å². The zero-order valence-corrected chi connectivity index (χ0v) is 11.3. The van der Waals surface area contributed by atoms with E-state index >= 15 is 0 Å². The SMILES string of the molecule is CCCNc1nc(SC)ncc1C(O)OCC. The predicted octanol–water partition coefficient (Wildman–Crippen LogP) is 2.05. The Balaban J connectivity index is 2.92. The highest BCUT2D eigenvalue weighted by Crippen LogP contribution is 2.23. The molecule has 0 aliphatic heterocycles. The summed E-state index contributed by atoms with van der Waals surface area (Å²) in [6.07, 6.45) is 3.53. The molecule has 0 amide bonds. The highest BCUT2D eigenvalue weighted by atomic mass is 32.2. The summed E-state index contributed by atoms with van der Waals surface area (Å²) in [6, 6.07) is 0. The maximum atomic E-state index is 9.82. The topological polar surface area (TPSA) is 67.3 Å². The van der Waals surface area contributed by atoms with E-state index in [0.29, 0.717) is 23.1 Å². The maximum absolute atomic E-state index is 9.82. The van der Waals surface area contributed by atoms with Crippen molar-refractivity contribution in [2.24, 2.45) is 0 Å². The molecule has 0 aliphatic rings. The van der Waals surface area contributed by atoms with E-state index < -0.39 is 6.29 Å². The summed E-state index contributed by atoms with van der Waals surface area (Å²) in [5, 5.41) is 13.7. The van der Waals surface area contributed by atoms with Crippen LogP contribution in [0.2, 0.25) is 0 Å². The van der Waals surface area contributed by atoms with Crippen LogP contribution >= 0.6 is 11.8 Å². The third-order valence-electron chi connectivity index (χ3n) is 2.11. The molecule has 5 nitrogen and oxygen atoms in total. The molecule has 0 fully saturated rings. The number of nitrogens with zero attached hydrogens (tertiary/aromatic N) is 2. The van der Waals surface area contributed by atoms with Crippen molar-refractivity contribution in [1.82, 2.24) is 9.97 Å². The van der Waals surface area contributed by atoms with Gasteiger partial charge in [-0.25, -0.2) is 9.97 Å². The van der Waals surface area contributed by atoms with E-state index in [-0.39, 0.29) is 0 Å². The summed E-state index contributed by atoms with van der Waals surface area (Å²) >= 11 is 1.47. The molecule has 96 valence electrons. The Bertz CT molecular complexity index is 349. The number of ether oxygens (including phenoxy) is 1. The smallest absolute Gasteiger partial charge is 0.189 e. The van der Waals surface area contributed by atoms with Crippen molar-refractivity contribution in [2.45, 2.75) is 31.7 Å². The molecule has 1 unspecified atom stereocenters. The minimum Gasteiger partial charge on any atom is -0.370 e. The molecule has 1 heterocycles. The lowest BCUT2D eigenvalue weighted by molar-refractivity contribution is -0.0979. The van der Waals surface area contributed by atoms with Gasteiger partial charge in [-0.2, -0.15) is 0 Å². The number of anilines is 1. The molecule has 0 radical (unpaired) electrons. The number of aliphatic hydroxyl groups is 1. The first kappa shape index (κ1) is 14.2. The number of aliphatic hydroxyl groups excluding tert-OH is 1. The van der Waals surface area contributed by atoms with Crippen molar-refractivity contribution >= 4 is 17.6 Å². The first-order chi connectivity index (χ1) is 8.22. The molecule has 0 spiro atoms. The van der Waals surface area contributed by atoms with E-state index in [1.165, 1.54) is 11.8 Å². The molecule has 0 saturated heterocycles. The van der Waals surface area contributed by atoms with Crippen LogP contribution in [0.25, 0.3) is 0 Å². The van der Waals surface area contributed by atoms with E-state index in [4.69, 9.17) is 4.74 Å². The molecule has 0 saturated carbocycles. The summed E-state index contributed by atoms with van der Waals surface area (Å²) in [6.45, 7) is 5.15. The normalized spacial score (nSPS) is 12.5. The highest BCUT2D eigenvalue weighted by Gasteiger charge is 2.15. The molecule has 17 heavy (non-hydrogen) atoms. The third kappa shape index (κ3) is 4.14. The largest absolute Gasteiger partial charge is 0.370 e. The van der Waals surface area contributed by atoms with Gasteiger partial charge in [-0.05, 0) is 19.6 Å². The van der Waals surface area contributed by atoms with Crippen molar-refractivity contribution in [3.63, 3.8) is 0 Å². The molecular formula is C11H19N3O2S. The zero-order chi connectivity index (χ0) is 12.7. The summed E-state index contributed by atoms with van der Waals surface area (Å²) in [4.78, 5) is 8.47. The molecule has 2 N–H and O–H groups in total. The van der Waals surface area contributed by atoms with E-state index in [9.17, 15) is 5.11 Å². The van der Waals surface area contributed by atoms with Gasteiger partial charge in [-0.1, -0.05) is 18.7 Å². The summed E-state index contributed by atoms with van der Waals surface area (Å²) in [5.74, 6) is 0.646. The van der Waals surface area contributed by atoms with Gasteiger partial charge in [-0.3, -0.25) is 0 Å². The van der Waals surface area contributed by atoms with Gasteiger partial charge < -0.3 is 15.2 Å². The number of thioether (sulfide) groups is 1. The Morgan fingerprint density at radius 2 is 2.29 bits per heavy atom. The second kappa shape index (κ2) is 7.47. The summed E-state index contributed by atoms with van der Waals surface area (Å²) in [7, 11) is 0. The number of hydrogen-bond acceptors (Lipinski definition) is 6. The fourth-order valence-corrected chi connectivity index (χ4v) is 1.63. The molecule has 1 aromatic heterocycles. The monoisotopic (exact) mass is 257 g/mol. The lowest BCUT2D eigenvalue weighted by atomic mass is 10.3. The van der Waals surface area contributed by atoms with Crippen LogP contribution in [0.15, 0.2) is 11.4 Å². The van der Waals surface area contributed by atoms with Crippen LogP contribution < -0.4 is 5.32 Å². The van der Waals surface area contributed by atoms with Crippen molar-refractivity contribution in [3.05, 3.63) is 11.8 Å². The molecule has 0 aromatic carbocycles. The molecule has 1 rings (SSSR count). The number of rotatable bonds is 7. The van der Waals surface area contributed by atoms with Crippen LogP contribution in [-0.2, 0) is 4.74 Å². The number of hydrogen-bond donors (Lipinski definition) is 2. The lowest BCUT2D eigenvalue weighted by Gasteiger charge is -2.15. The fraction of sp³-hybridized carbons (Fsp3) is 0.636. The number of nitrogens with one attached hydrogen (secondary N) is 1. The van der Waals surface area contributed by atoms with E-state index in [2.05, 4.69) is 22.2 Å². The van der Waals surface area contributed by atoms with Gasteiger partial charge in [0.05, 0.1) is 5.56 Å².